The number of hydrogen-bond acceptors (Lipinski definition) is 2. The van der Waals surface area contributed by atoms with Gasteiger partial charge in [0, 0.05) is 31.0 Å². The zero-order valence-corrected chi connectivity index (χ0v) is 8.91. The van der Waals surface area contributed by atoms with Gasteiger partial charge < -0.3 is 9.88 Å². The SMILES string of the molecule is Cc1nccn1C(C)CNC(C)C. The molecule has 0 spiro atoms. The van der Waals surface area contributed by atoms with E-state index in [1.54, 1.807) is 0 Å². The van der Waals surface area contributed by atoms with Crippen molar-refractivity contribution in [1.82, 2.24) is 14.9 Å². The zero-order valence-electron chi connectivity index (χ0n) is 8.91. The Morgan fingerprint density at radius 1 is 1.46 bits per heavy atom. The molecule has 1 atom stereocenters. The molecule has 0 fully saturated rings. The van der Waals surface area contributed by atoms with Crippen LogP contribution in [0.3, 0.4) is 0 Å². The lowest BCUT2D eigenvalue weighted by atomic mass is 10.3. The fraction of sp³-hybridized carbons (Fsp3) is 0.700. The van der Waals surface area contributed by atoms with Crippen LogP contribution >= 0.6 is 0 Å². The van der Waals surface area contributed by atoms with E-state index in [2.05, 4.69) is 35.6 Å². The minimum atomic E-state index is 0.477. The number of nitrogens with one attached hydrogen (secondary N) is 1. The Bertz CT molecular complexity index is 252. The largest absolute Gasteiger partial charge is 0.331 e. The summed E-state index contributed by atoms with van der Waals surface area (Å²) in [5.74, 6) is 1.08. The van der Waals surface area contributed by atoms with Crippen LogP contribution in [0.4, 0.5) is 0 Å². The van der Waals surface area contributed by atoms with Crippen molar-refractivity contribution >= 4 is 0 Å². The molecule has 1 aromatic heterocycles. The number of rotatable bonds is 4. The van der Waals surface area contributed by atoms with Crippen LogP contribution in [0.5, 0.6) is 0 Å². The van der Waals surface area contributed by atoms with E-state index in [-0.39, 0.29) is 0 Å². The van der Waals surface area contributed by atoms with Gasteiger partial charge in [-0.3, -0.25) is 0 Å². The van der Waals surface area contributed by atoms with Crippen LogP contribution in [0.25, 0.3) is 0 Å². The van der Waals surface area contributed by atoms with Crippen LogP contribution < -0.4 is 5.32 Å². The van der Waals surface area contributed by atoms with Crippen LogP contribution in [0, 0.1) is 6.92 Å². The Morgan fingerprint density at radius 3 is 2.62 bits per heavy atom. The molecule has 1 aromatic rings. The summed E-state index contributed by atoms with van der Waals surface area (Å²) in [6, 6.07) is 1.02. The topological polar surface area (TPSA) is 29.9 Å². The molecule has 0 bridgehead atoms. The molecule has 0 aliphatic carbocycles. The minimum absolute atomic E-state index is 0.477. The van der Waals surface area contributed by atoms with Crippen molar-refractivity contribution in [3.63, 3.8) is 0 Å². The lowest BCUT2D eigenvalue weighted by Crippen LogP contribution is -2.29. The predicted molar refractivity (Wildman–Crippen MR) is 54.8 cm³/mol. The van der Waals surface area contributed by atoms with Gasteiger partial charge in [0.05, 0.1) is 0 Å². The van der Waals surface area contributed by atoms with Crippen LogP contribution in [-0.2, 0) is 0 Å². The molecule has 0 saturated carbocycles. The van der Waals surface area contributed by atoms with Gasteiger partial charge in [-0.2, -0.15) is 0 Å². The molecule has 0 saturated heterocycles. The summed E-state index contributed by atoms with van der Waals surface area (Å²) >= 11 is 0. The molecule has 0 radical (unpaired) electrons. The molecule has 1 rings (SSSR count). The molecule has 1 unspecified atom stereocenters. The van der Waals surface area contributed by atoms with Crippen LogP contribution in [-0.4, -0.2) is 22.1 Å². The molecular weight excluding hydrogens is 162 g/mol. The van der Waals surface area contributed by atoms with Gasteiger partial charge in [0.1, 0.15) is 5.82 Å². The van der Waals surface area contributed by atoms with E-state index in [9.17, 15) is 0 Å². The summed E-state index contributed by atoms with van der Waals surface area (Å²) in [7, 11) is 0. The maximum Gasteiger partial charge on any atom is 0.105 e. The van der Waals surface area contributed by atoms with Crippen molar-refractivity contribution in [2.45, 2.75) is 39.8 Å². The van der Waals surface area contributed by atoms with E-state index in [1.807, 2.05) is 19.3 Å². The summed E-state index contributed by atoms with van der Waals surface area (Å²) in [6.07, 6.45) is 3.88. The Hall–Kier alpha value is -0.830. The molecule has 3 nitrogen and oxygen atoms in total. The van der Waals surface area contributed by atoms with Crippen molar-refractivity contribution in [2.75, 3.05) is 6.54 Å². The highest BCUT2D eigenvalue weighted by atomic mass is 15.1. The maximum absolute atomic E-state index is 4.20. The first-order chi connectivity index (χ1) is 6.11. The molecule has 0 aromatic carbocycles. The lowest BCUT2D eigenvalue weighted by molar-refractivity contribution is 0.458. The lowest BCUT2D eigenvalue weighted by Gasteiger charge is -2.17. The third-order valence-corrected chi connectivity index (χ3v) is 2.16. The van der Waals surface area contributed by atoms with Crippen LogP contribution in [0.15, 0.2) is 12.4 Å². The summed E-state index contributed by atoms with van der Waals surface area (Å²) < 4.78 is 2.19. The summed E-state index contributed by atoms with van der Waals surface area (Å²) in [5, 5.41) is 3.41. The average Bonchev–Trinajstić information content (AvgIpc) is 2.47. The third kappa shape index (κ3) is 2.84. The van der Waals surface area contributed by atoms with Gasteiger partial charge in [-0.05, 0) is 13.8 Å². The molecular formula is C10H19N3. The first-order valence-corrected chi connectivity index (χ1v) is 4.84. The van der Waals surface area contributed by atoms with E-state index in [0.29, 0.717) is 12.1 Å². The van der Waals surface area contributed by atoms with Crippen molar-refractivity contribution in [2.24, 2.45) is 0 Å². The Kier molecular flexibility index (Phi) is 3.48. The van der Waals surface area contributed by atoms with Gasteiger partial charge in [-0.15, -0.1) is 0 Å². The van der Waals surface area contributed by atoms with Gasteiger partial charge in [0.2, 0.25) is 0 Å². The standard InChI is InChI=1S/C10H19N3/c1-8(2)12-7-9(3)13-6-5-11-10(13)4/h5-6,8-9,12H,7H2,1-4H3. The van der Waals surface area contributed by atoms with Gasteiger partial charge in [-0.25, -0.2) is 4.98 Å². The Labute approximate surface area is 80.2 Å². The van der Waals surface area contributed by atoms with Crippen molar-refractivity contribution in [3.8, 4) is 0 Å². The third-order valence-electron chi connectivity index (χ3n) is 2.16. The summed E-state index contributed by atoms with van der Waals surface area (Å²) in [6.45, 7) is 9.55. The fourth-order valence-corrected chi connectivity index (χ4v) is 1.36. The fourth-order valence-electron chi connectivity index (χ4n) is 1.36. The number of nitrogens with zero attached hydrogens (tertiary/aromatic N) is 2. The molecule has 1 N–H and O–H groups in total. The van der Waals surface area contributed by atoms with E-state index in [0.717, 1.165) is 12.4 Å². The predicted octanol–water partition coefficient (Wildman–Crippen LogP) is 1.75. The summed E-state index contributed by atoms with van der Waals surface area (Å²) in [5.41, 5.74) is 0. The second-order valence-corrected chi connectivity index (χ2v) is 3.79. The first kappa shape index (κ1) is 10.3. The molecule has 0 aliphatic rings. The number of imidazole rings is 1. The Balaban J connectivity index is 2.49. The first-order valence-electron chi connectivity index (χ1n) is 4.84. The number of hydrogen-bond donors (Lipinski definition) is 1. The van der Waals surface area contributed by atoms with Crippen LogP contribution in [0.2, 0.25) is 0 Å². The van der Waals surface area contributed by atoms with E-state index in [1.165, 1.54) is 0 Å². The minimum Gasteiger partial charge on any atom is -0.331 e. The molecule has 0 amide bonds. The smallest absolute Gasteiger partial charge is 0.105 e. The van der Waals surface area contributed by atoms with Crippen molar-refractivity contribution in [1.29, 1.82) is 0 Å². The van der Waals surface area contributed by atoms with Crippen molar-refractivity contribution in [3.05, 3.63) is 18.2 Å². The highest BCUT2D eigenvalue weighted by Gasteiger charge is 2.06. The maximum atomic E-state index is 4.20. The van der Waals surface area contributed by atoms with Gasteiger partial charge >= 0.3 is 0 Å². The van der Waals surface area contributed by atoms with E-state index < -0.39 is 0 Å². The van der Waals surface area contributed by atoms with Crippen molar-refractivity contribution < 1.29 is 0 Å². The number of aryl methyl sites for hydroxylation is 1. The second-order valence-electron chi connectivity index (χ2n) is 3.79. The highest BCUT2D eigenvalue weighted by molar-refractivity contribution is 4.91. The van der Waals surface area contributed by atoms with Crippen LogP contribution in [0.1, 0.15) is 32.6 Å². The molecule has 74 valence electrons. The van der Waals surface area contributed by atoms with Gasteiger partial charge in [0.25, 0.3) is 0 Å². The molecule has 13 heavy (non-hydrogen) atoms. The van der Waals surface area contributed by atoms with Gasteiger partial charge in [-0.1, -0.05) is 13.8 Å². The molecule has 0 aliphatic heterocycles. The highest BCUT2D eigenvalue weighted by Crippen LogP contribution is 2.06. The second kappa shape index (κ2) is 4.42. The quantitative estimate of drug-likeness (QED) is 0.767. The molecule has 1 heterocycles. The monoisotopic (exact) mass is 181 g/mol. The van der Waals surface area contributed by atoms with Gasteiger partial charge in [0.15, 0.2) is 0 Å². The normalized spacial score (nSPS) is 13.6. The number of aromatic nitrogens is 2. The molecule has 3 heteroatoms. The zero-order chi connectivity index (χ0) is 9.84. The summed E-state index contributed by atoms with van der Waals surface area (Å²) in [4.78, 5) is 4.20. The van der Waals surface area contributed by atoms with E-state index >= 15 is 0 Å². The Morgan fingerprint density at radius 2 is 2.15 bits per heavy atom. The van der Waals surface area contributed by atoms with E-state index in [4.69, 9.17) is 0 Å². The average molecular weight is 181 g/mol.